The maximum absolute atomic E-state index is 2.53. The molecule has 0 amide bonds. The summed E-state index contributed by atoms with van der Waals surface area (Å²) in [6.07, 6.45) is 16.7. The van der Waals surface area contributed by atoms with Crippen molar-refractivity contribution in [2.45, 2.75) is 63.2 Å². The second-order valence-corrected chi connectivity index (χ2v) is 9.94. The summed E-state index contributed by atoms with van der Waals surface area (Å²) in [5.74, 6) is 1.12. The van der Waals surface area contributed by atoms with E-state index in [1.807, 2.05) is 0 Å². The smallest absolute Gasteiger partial charge is 0.00789 e. The fourth-order valence-electron chi connectivity index (χ4n) is 5.27. The van der Waals surface area contributed by atoms with Gasteiger partial charge in [-0.2, -0.15) is 0 Å². The van der Waals surface area contributed by atoms with Gasteiger partial charge in [-0.3, -0.25) is 0 Å². The minimum atomic E-state index is 0.111. The fraction of sp³-hybridized carbons (Fsp3) is 0.357. The lowest BCUT2D eigenvalue weighted by Crippen LogP contribution is -2.29. The normalized spacial score (nSPS) is 24.9. The van der Waals surface area contributed by atoms with Crippen LogP contribution in [0.3, 0.4) is 0 Å². The maximum atomic E-state index is 2.53. The number of hydrogen-bond acceptors (Lipinski definition) is 0. The van der Waals surface area contributed by atoms with Gasteiger partial charge in [0.2, 0.25) is 0 Å². The summed E-state index contributed by atoms with van der Waals surface area (Å²) in [5, 5.41) is 0. The fourth-order valence-corrected chi connectivity index (χ4v) is 5.27. The second kappa shape index (κ2) is 6.08. The van der Waals surface area contributed by atoms with Crippen LogP contribution in [0.5, 0.6) is 0 Å². The summed E-state index contributed by atoms with van der Waals surface area (Å²) in [7, 11) is 0. The van der Waals surface area contributed by atoms with Gasteiger partial charge in [0.1, 0.15) is 0 Å². The van der Waals surface area contributed by atoms with Crippen LogP contribution in [0.15, 0.2) is 60.7 Å². The molecule has 2 aromatic carbocycles. The molecule has 0 saturated carbocycles. The van der Waals surface area contributed by atoms with Gasteiger partial charge in [0, 0.05) is 22.7 Å². The van der Waals surface area contributed by atoms with Crippen molar-refractivity contribution < 1.29 is 0 Å². The van der Waals surface area contributed by atoms with Gasteiger partial charge < -0.3 is 0 Å². The Morgan fingerprint density at radius 3 is 1.96 bits per heavy atom. The third-order valence-corrected chi connectivity index (χ3v) is 7.13. The lowest BCUT2D eigenvalue weighted by Gasteiger charge is -2.37. The predicted molar refractivity (Wildman–Crippen MR) is 121 cm³/mol. The van der Waals surface area contributed by atoms with Gasteiger partial charge in [-0.25, -0.2) is 0 Å². The van der Waals surface area contributed by atoms with Gasteiger partial charge in [0.05, 0.1) is 0 Å². The van der Waals surface area contributed by atoms with E-state index in [-0.39, 0.29) is 10.8 Å². The number of fused-ring (bicyclic) bond motifs is 3. The van der Waals surface area contributed by atoms with Crippen LogP contribution >= 0.6 is 0 Å². The van der Waals surface area contributed by atoms with E-state index >= 15 is 0 Å². The van der Waals surface area contributed by atoms with E-state index in [1.165, 1.54) is 46.2 Å². The minimum absolute atomic E-state index is 0.111. The Morgan fingerprint density at radius 1 is 0.679 bits per heavy atom. The van der Waals surface area contributed by atoms with Crippen LogP contribution in [-0.4, -0.2) is 0 Å². The van der Waals surface area contributed by atoms with E-state index in [2.05, 4.69) is 101 Å². The second-order valence-electron chi connectivity index (χ2n) is 9.94. The highest BCUT2D eigenvalue weighted by Gasteiger charge is 2.34. The Bertz CT molecular complexity index is 1030. The SMILES string of the molecule is CC1(C)C=CC(C)(C)c2cc3c(cc21)C=CC3CCC1C=Cc2ccccc21. The van der Waals surface area contributed by atoms with Crippen LogP contribution in [0.1, 0.15) is 85.8 Å². The average molecular weight is 367 g/mol. The van der Waals surface area contributed by atoms with Crippen molar-refractivity contribution in [1.82, 2.24) is 0 Å². The summed E-state index contributed by atoms with van der Waals surface area (Å²) in [6.45, 7) is 9.37. The van der Waals surface area contributed by atoms with Gasteiger partial charge in [-0.15, -0.1) is 0 Å². The third kappa shape index (κ3) is 2.73. The molecule has 0 aromatic heterocycles. The van der Waals surface area contributed by atoms with E-state index in [1.54, 1.807) is 0 Å². The van der Waals surface area contributed by atoms with E-state index in [4.69, 9.17) is 0 Å². The minimum Gasteiger partial charge on any atom is -0.0776 e. The van der Waals surface area contributed by atoms with Crippen molar-refractivity contribution in [3.05, 3.63) is 94.1 Å². The molecule has 0 N–H and O–H groups in total. The van der Waals surface area contributed by atoms with E-state index in [9.17, 15) is 0 Å². The van der Waals surface area contributed by atoms with Crippen LogP contribution in [-0.2, 0) is 10.8 Å². The highest BCUT2D eigenvalue weighted by molar-refractivity contribution is 5.67. The number of hydrogen-bond donors (Lipinski definition) is 0. The summed E-state index contributed by atoms with van der Waals surface area (Å²) in [4.78, 5) is 0. The zero-order valence-electron chi connectivity index (χ0n) is 17.5. The van der Waals surface area contributed by atoms with Gasteiger partial charge >= 0.3 is 0 Å². The molecule has 3 aliphatic rings. The Morgan fingerprint density at radius 2 is 1.25 bits per heavy atom. The Labute approximate surface area is 169 Å². The van der Waals surface area contributed by atoms with Crippen molar-refractivity contribution >= 4 is 12.2 Å². The van der Waals surface area contributed by atoms with E-state index < -0.39 is 0 Å². The van der Waals surface area contributed by atoms with E-state index in [0.29, 0.717) is 11.8 Å². The van der Waals surface area contributed by atoms with Crippen molar-refractivity contribution in [2.24, 2.45) is 0 Å². The maximum Gasteiger partial charge on any atom is 0.00789 e. The lowest BCUT2D eigenvalue weighted by molar-refractivity contribution is 0.560. The molecule has 0 spiro atoms. The van der Waals surface area contributed by atoms with Gasteiger partial charge in [0.25, 0.3) is 0 Å². The molecular weight excluding hydrogens is 336 g/mol. The summed E-state index contributed by atoms with van der Waals surface area (Å²) >= 11 is 0. The zero-order chi connectivity index (χ0) is 19.5. The van der Waals surface area contributed by atoms with E-state index in [0.717, 1.165) is 0 Å². The van der Waals surface area contributed by atoms with Crippen LogP contribution in [0, 0.1) is 0 Å². The molecule has 2 unspecified atom stereocenters. The summed E-state index contributed by atoms with van der Waals surface area (Å²) in [6, 6.07) is 13.8. The number of benzene rings is 2. The first-order chi connectivity index (χ1) is 13.4. The quantitative estimate of drug-likeness (QED) is 0.493. The van der Waals surface area contributed by atoms with Crippen molar-refractivity contribution in [3.8, 4) is 0 Å². The first-order valence-corrected chi connectivity index (χ1v) is 10.7. The van der Waals surface area contributed by atoms with Crippen LogP contribution in [0.25, 0.3) is 12.2 Å². The van der Waals surface area contributed by atoms with Crippen molar-refractivity contribution in [2.75, 3.05) is 0 Å². The van der Waals surface area contributed by atoms with Gasteiger partial charge in [0.15, 0.2) is 0 Å². The molecule has 0 saturated heterocycles. The highest BCUT2D eigenvalue weighted by Crippen LogP contribution is 2.46. The molecular formula is C28H30. The molecule has 0 heterocycles. The average Bonchev–Trinajstić information content (AvgIpc) is 3.27. The Kier molecular flexibility index (Phi) is 3.85. The number of allylic oxidation sites excluding steroid dienone is 4. The molecule has 28 heavy (non-hydrogen) atoms. The highest BCUT2D eigenvalue weighted by atomic mass is 14.4. The molecule has 0 heteroatoms. The molecule has 0 fully saturated rings. The van der Waals surface area contributed by atoms with Crippen molar-refractivity contribution in [3.63, 3.8) is 0 Å². The van der Waals surface area contributed by atoms with Gasteiger partial charge in [-0.1, -0.05) is 101 Å². The molecule has 5 rings (SSSR count). The number of rotatable bonds is 3. The molecule has 2 aromatic rings. The first kappa shape index (κ1) is 17.7. The summed E-state index contributed by atoms with van der Waals surface area (Å²) < 4.78 is 0. The Hall–Kier alpha value is -2.34. The monoisotopic (exact) mass is 366 g/mol. The molecule has 142 valence electrons. The van der Waals surface area contributed by atoms with Crippen molar-refractivity contribution in [1.29, 1.82) is 0 Å². The zero-order valence-corrected chi connectivity index (χ0v) is 17.5. The molecule has 0 radical (unpaired) electrons. The molecule has 0 bridgehead atoms. The first-order valence-electron chi connectivity index (χ1n) is 10.7. The molecule has 0 aliphatic heterocycles. The standard InChI is InChI=1S/C28H30/c1-27(2)15-16-28(3,4)26-18-24-21(13-14-22(24)17-25(26)27)12-11-20-10-9-19-7-5-6-8-23(19)20/h5-10,13-18,20-21H,11-12H2,1-4H3. The third-order valence-electron chi connectivity index (χ3n) is 7.13. The van der Waals surface area contributed by atoms with Crippen LogP contribution in [0.4, 0.5) is 0 Å². The molecule has 2 atom stereocenters. The van der Waals surface area contributed by atoms with Gasteiger partial charge in [-0.05, 0) is 46.2 Å². The summed E-state index contributed by atoms with van der Waals surface area (Å²) in [5.41, 5.74) is 9.11. The largest absolute Gasteiger partial charge is 0.0776 e. The lowest BCUT2D eigenvalue weighted by atomic mass is 9.67. The topological polar surface area (TPSA) is 0 Å². The predicted octanol–water partition coefficient (Wildman–Crippen LogP) is 7.51. The van der Waals surface area contributed by atoms with Crippen LogP contribution < -0.4 is 0 Å². The Balaban J connectivity index is 1.42. The molecule has 0 nitrogen and oxygen atoms in total. The molecule has 3 aliphatic carbocycles. The van der Waals surface area contributed by atoms with Crippen LogP contribution in [0.2, 0.25) is 0 Å².